The molecule has 6 aromatic carbocycles. The van der Waals surface area contributed by atoms with E-state index >= 15 is 14.4 Å². The minimum absolute atomic E-state index is 0.112. The third-order valence-electron chi connectivity index (χ3n) is 21.3. The molecule has 2 fully saturated rings. The largest absolute Gasteiger partial charge is 0.573 e. The molecule has 21 N–H and O–H groups in total. The Labute approximate surface area is 716 Å². The molecule has 0 radical (unpaired) electrons. The lowest BCUT2D eigenvalue weighted by atomic mass is 9.85. The van der Waals surface area contributed by atoms with Gasteiger partial charge in [0.1, 0.15) is 101 Å². The number of rotatable bonds is 21. The van der Waals surface area contributed by atoms with Crippen LogP contribution in [0.2, 0.25) is 10.0 Å². The normalized spacial score (nSPS) is 26.1. The zero-order chi connectivity index (χ0) is 90.7. The molecule has 0 spiro atoms. The van der Waals surface area contributed by atoms with Crippen LogP contribution >= 0.6 is 23.2 Å². The number of aliphatic carboxylic acids is 1. The molecule has 0 aliphatic carbocycles. The Bertz CT molecular complexity index is 5390. The number of ether oxygens (including phenoxy) is 7. The number of nitrogens with zero attached hydrogens (tertiary/aromatic N) is 2. The molecule has 1 aromatic heterocycles. The highest BCUT2D eigenvalue weighted by molar-refractivity contribution is 6.32. The molecular formula is C81H87Cl2F3N12O27. The van der Waals surface area contributed by atoms with E-state index in [0.717, 1.165) is 89.5 Å². The summed E-state index contributed by atoms with van der Waals surface area (Å²) in [6, 6.07) is 4.50. The molecule has 7 aromatic rings. The first-order chi connectivity index (χ1) is 59.1. The van der Waals surface area contributed by atoms with Crippen molar-refractivity contribution < 1.29 is 141 Å². The van der Waals surface area contributed by atoms with Crippen LogP contribution in [0.1, 0.15) is 111 Å². The van der Waals surface area contributed by atoms with Crippen LogP contribution in [0.5, 0.6) is 51.7 Å². The highest BCUT2D eigenvalue weighted by Crippen LogP contribution is 2.50. The van der Waals surface area contributed by atoms with Crippen molar-refractivity contribution in [1.82, 2.24) is 52.1 Å². The number of benzene rings is 6. The van der Waals surface area contributed by atoms with Crippen molar-refractivity contribution in [2.24, 2.45) is 11.7 Å². The van der Waals surface area contributed by atoms with Gasteiger partial charge in [0.2, 0.25) is 59.3 Å². The van der Waals surface area contributed by atoms with E-state index in [9.17, 15) is 97.8 Å². The number of alkyl halides is 3. The molecule has 4 unspecified atom stereocenters. The van der Waals surface area contributed by atoms with Crippen LogP contribution in [0, 0.1) is 5.92 Å². The Morgan fingerprint density at radius 1 is 0.736 bits per heavy atom. The summed E-state index contributed by atoms with van der Waals surface area (Å²) in [6.07, 6.45) is -24.1. The molecule has 125 heavy (non-hydrogen) atoms. The van der Waals surface area contributed by atoms with Gasteiger partial charge in [-0.3, -0.25) is 42.9 Å². The molecule has 18 atom stereocenters. The number of carbonyl (C=O) groups is 9. The maximum Gasteiger partial charge on any atom is 0.573 e. The molecule has 14 rings (SSSR count). The first-order valence-corrected chi connectivity index (χ1v) is 39.5. The maximum absolute atomic E-state index is 16.2. The summed E-state index contributed by atoms with van der Waals surface area (Å²) < 4.78 is 82.9. The number of aliphatic hydroxyl groups excluding tert-OH is 6. The van der Waals surface area contributed by atoms with Crippen LogP contribution in [0.3, 0.4) is 0 Å². The Kier molecular flexibility index (Phi) is 28.2. The maximum atomic E-state index is 16.2. The fourth-order valence-electron chi connectivity index (χ4n) is 15.0. The third kappa shape index (κ3) is 21.2. The molecule has 39 nitrogen and oxygen atoms in total. The van der Waals surface area contributed by atoms with Gasteiger partial charge < -0.3 is 138 Å². The number of phenolic OH excluding ortho intramolecular Hbond substituents is 3. The van der Waals surface area contributed by atoms with Crippen LogP contribution in [0.4, 0.5) is 19.0 Å². The van der Waals surface area contributed by atoms with Crippen molar-refractivity contribution in [3.05, 3.63) is 169 Å². The average molecular weight is 1790 g/mol. The third-order valence-corrected chi connectivity index (χ3v) is 21.8. The fraction of sp³-hybridized carbons (Fsp3) is 0.395. The van der Waals surface area contributed by atoms with Crippen LogP contribution in [0.25, 0.3) is 11.1 Å². The molecule has 8 amide bonds. The van der Waals surface area contributed by atoms with E-state index in [1.165, 1.54) is 44.4 Å². The molecule has 44 heteroatoms. The van der Waals surface area contributed by atoms with E-state index < -0.39 is 284 Å². The smallest absolute Gasteiger partial charge is 0.508 e. The lowest BCUT2D eigenvalue weighted by molar-refractivity contribution is -0.334. The molecule has 7 aliphatic rings. The Morgan fingerprint density at radius 3 is 2.01 bits per heavy atom. The number of nitrogens with two attached hydrogens (primary N) is 1. The number of carbonyl (C=O) groups excluding carboxylic acids is 8. The summed E-state index contributed by atoms with van der Waals surface area (Å²) in [5.41, 5.74) is 0.449. The van der Waals surface area contributed by atoms with E-state index in [0.29, 0.717) is 0 Å². The van der Waals surface area contributed by atoms with E-state index in [1.807, 2.05) is 0 Å². The molecule has 11 bridgehead atoms. The SMILES string of the molecule is CN[C@@H](CC(C)C)C(=O)N[C@H]1C(=O)N[C@@H](CC(N)=O)C(=O)NC2C(=O)N[C@@H]3C(=O)N[C@@H](C(=O)N[C@@H](C(=O)O)c4cc(O)cc(O)c4-c4cc3ccc4O)[C@H](O)c3ccc(c(Cl)c3)Oc3cc2cc(c3OC2O[C@@H](CO)[C@@H](O)[C@@H](O)[C@H]2O[C@H]2CC(C)(NCCn3ccc(NC(=O)Cc4cccc(OC(F)(F)F)c4)nc3=O)[C@@H](O)C(C)O2)Oc2ccc(cc2Cl)[C@H]1O. The highest BCUT2D eigenvalue weighted by atomic mass is 35.5. The lowest BCUT2D eigenvalue weighted by Crippen LogP contribution is -2.65. The van der Waals surface area contributed by atoms with Gasteiger partial charge in [0.25, 0.3) is 0 Å². The zero-order valence-corrected chi connectivity index (χ0v) is 68.1. The quantitative estimate of drug-likeness (QED) is 0.0490. The summed E-state index contributed by atoms with van der Waals surface area (Å²) >= 11 is 14.3. The van der Waals surface area contributed by atoms with E-state index in [2.05, 4.69) is 57.6 Å². The summed E-state index contributed by atoms with van der Waals surface area (Å²) in [6.45, 7) is 5.28. The number of nitrogens with one attached hydrogen (secondary N) is 9. The molecule has 668 valence electrons. The predicted molar refractivity (Wildman–Crippen MR) is 427 cm³/mol. The lowest BCUT2D eigenvalue weighted by Gasteiger charge is -2.48. The average Bonchev–Trinajstić information content (AvgIpc) is 0.772. The van der Waals surface area contributed by atoms with Gasteiger partial charge in [0.05, 0.1) is 47.7 Å². The minimum Gasteiger partial charge on any atom is -0.508 e. The van der Waals surface area contributed by atoms with Gasteiger partial charge in [-0.15, -0.1) is 13.2 Å². The Balaban J connectivity index is 0.975. The first kappa shape index (κ1) is 92.1. The van der Waals surface area contributed by atoms with E-state index in [-0.39, 0.29) is 54.4 Å². The zero-order valence-electron chi connectivity index (χ0n) is 66.6. The number of phenols is 3. The number of carboxylic acid groups (broad SMARTS) is 1. The summed E-state index contributed by atoms with van der Waals surface area (Å²) in [5, 5.41) is 138. The number of aromatic hydroxyl groups is 3. The van der Waals surface area contributed by atoms with Gasteiger partial charge in [-0.05, 0) is 134 Å². The van der Waals surface area contributed by atoms with Crippen molar-refractivity contribution in [3.8, 4) is 62.9 Å². The standard InChI is InChI=1S/C81H87Cl2F3N12O27/c1-32(2)19-45(88-5)71(110)96-62-64(105)36-10-13-49(43(82)23-36)120-51-25-38-26-52(68(51)124-78-69(67(108)66(107)53(31-99)122-78)123-57-30-80(4,70(109)33(3)119-57)89-16-18-98-17-15-55(92-79(98)118)91-56(104)21-34-7-6-8-40(20-34)125-81(84,85)86)121-50-14-11-37(24-44(50)83)65(106)63-76(115)95-61(77(116)117)42-27-39(100)28-48(102)58(42)41-22-35(9-12-47(41)101)59(73(112)97-63)94-74(113)60(38)93-72(111)46(29-54(87)103)90-75(62)114/h6-15,17,20,22-28,32-33,45-46,53,57,59-67,69-70,78,88-89,99-102,105-109H,16,18-19,21,29-31H2,1-5H3,(H2,87,103)(H,90,114)(H,93,111)(H,94,113)(H,95,115)(H,96,110)(H,97,112)(H,116,117)(H,91,92,104,118)/t33?,45-,46-,53-,57-,59-,60?,61+,62+,63+,64+,65+,66+,67+,69+,70-,78?,80?/m0/s1. The number of amides is 8. The molecule has 2 saturated heterocycles. The molecular weight excluding hydrogens is 1700 g/mol. The fourth-order valence-corrected chi connectivity index (χ4v) is 15.4. The van der Waals surface area contributed by atoms with Gasteiger partial charge >= 0.3 is 18.0 Å². The predicted octanol–water partition coefficient (Wildman–Crippen LogP) is 2.07. The Morgan fingerprint density at radius 2 is 1.38 bits per heavy atom. The second-order valence-corrected chi connectivity index (χ2v) is 31.6. The topological polar surface area (TPSA) is 590 Å². The molecule has 7 aliphatic heterocycles. The van der Waals surface area contributed by atoms with Crippen molar-refractivity contribution >= 4 is 82.2 Å². The van der Waals surface area contributed by atoms with Crippen LogP contribution < -0.4 is 78.2 Å². The van der Waals surface area contributed by atoms with Gasteiger partial charge in [0, 0.05) is 54.0 Å². The summed E-state index contributed by atoms with van der Waals surface area (Å²) in [7, 11) is 1.45. The van der Waals surface area contributed by atoms with Crippen molar-refractivity contribution in [1.29, 1.82) is 0 Å². The first-order valence-electron chi connectivity index (χ1n) is 38.7. The number of aliphatic hydroxyl groups is 6. The second kappa shape index (κ2) is 38.2. The number of anilines is 1. The Hall–Kier alpha value is -12.0. The van der Waals surface area contributed by atoms with Crippen LogP contribution in [-0.2, 0) is 70.3 Å². The van der Waals surface area contributed by atoms with Crippen molar-refractivity contribution in [2.75, 3.05) is 25.5 Å². The van der Waals surface area contributed by atoms with Gasteiger partial charge in [-0.1, -0.05) is 67.4 Å². The minimum atomic E-state index is -4.99. The van der Waals surface area contributed by atoms with Crippen LogP contribution in [-0.4, -0.2) is 219 Å². The van der Waals surface area contributed by atoms with Gasteiger partial charge in [-0.25, -0.2) is 9.59 Å². The van der Waals surface area contributed by atoms with Crippen molar-refractivity contribution in [3.63, 3.8) is 0 Å². The number of likely N-dealkylation sites (N-methyl/N-ethyl adjacent to an activating group) is 1. The summed E-state index contributed by atoms with van der Waals surface area (Å²) in [5.74, 6) is -18.3. The summed E-state index contributed by atoms with van der Waals surface area (Å²) in [4.78, 5) is 148. The molecule has 8 heterocycles. The van der Waals surface area contributed by atoms with Crippen LogP contribution in [0.15, 0.2) is 120 Å². The monoisotopic (exact) mass is 1790 g/mol. The van der Waals surface area contributed by atoms with E-state index in [4.69, 9.17) is 57.4 Å². The molecule has 0 saturated carbocycles. The number of aromatic nitrogens is 2. The second-order valence-electron chi connectivity index (χ2n) is 30.8. The van der Waals surface area contributed by atoms with Gasteiger partial charge in [-0.2, -0.15) is 4.98 Å². The van der Waals surface area contributed by atoms with Gasteiger partial charge in [0.15, 0.2) is 29.9 Å². The van der Waals surface area contributed by atoms with Crippen molar-refractivity contribution in [2.45, 2.75) is 176 Å². The number of halogens is 5. The highest BCUT2D eigenvalue weighted by Gasteiger charge is 2.52. The van der Waals surface area contributed by atoms with E-state index in [1.54, 1.807) is 20.8 Å². The number of primary amides is 1. The number of hydrogen-bond donors (Lipinski definition) is 20. The number of carboxylic acids is 1. The number of fused-ring (bicyclic) bond motifs is 15. The number of hydrogen-bond acceptors (Lipinski definition) is 29.